The zero-order chi connectivity index (χ0) is 12.3. The molecule has 0 radical (unpaired) electrons. The summed E-state index contributed by atoms with van der Waals surface area (Å²) in [5.41, 5.74) is 2.25. The van der Waals surface area contributed by atoms with Crippen LogP contribution >= 0.6 is 0 Å². The number of likely N-dealkylation sites (N-methyl/N-ethyl adjacent to an activating group) is 1. The first-order valence-corrected chi connectivity index (χ1v) is 6.31. The fourth-order valence-corrected chi connectivity index (χ4v) is 2.28. The van der Waals surface area contributed by atoms with E-state index in [1.54, 1.807) is 0 Å². The molecule has 0 fully saturated rings. The average molecular weight is 232 g/mol. The first kappa shape index (κ1) is 12.0. The van der Waals surface area contributed by atoms with Crippen LogP contribution in [-0.2, 0) is 4.79 Å². The summed E-state index contributed by atoms with van der Waals surface area (Å²) in [4.78, 5) is 14.2. The number of fused-ring (bicyclic) bond motifs is 1. The molecule has 17 heavy (non-hydrogen) atoms. The minimum absolute atomic E-state index is 0.00643. The van der Waals surface area contributed by atoms with Gasteiger partial charge in [0.1, 0.15) is 0 Å². The summed E-state index contributed by atoms with van der Waals surface area (Å²) >= 11 is 0. The number of hydrogen-bond acceptors (Lipinski definition) is 2. The van der Waals surface area contributed by atoms with E-state index in [-0.39, 0.29) is 11.8 Å². The lowest BCUT2D eigenvalue weighted by Crippen LogP contribution is -2.33. The number of para-hydroxylation sites is 1. The second kappa shape index (κ2) is 5.21. The van der Waals surface area contributed by atoms with E-state index in [0.717, 1.165) is 37.2 Å². The molecule has 0 aromatic heterocycles. The summed E-state index contributed by atoms with van der Waals surface area (Å²) in [5.74, 6) is 0.226. The van der Waals surface area contributed by atoms with Gasteiger partial charge in [-0.2, -0.15) is 0 Å². The molecule has 0 aliphatic carbocycles. The predicted octanol–water partition coefficient (Wildman–Crippen LogP) is 2.45. The maximum atomic E-state index is 12.3. The van der Waals surface area contributed by atoms with E-state index in [4.69, 9.17) is 0 Å². The molecular formula is C14H20N2O. The molecule has 1 N–H and O–H groups in total. The highest BCUT2D eigenvalue weighted by Crippen LogP contribution is 2.32. The molecule has 92 valence electrons. The SMILES string of the molecule is CCCCN(C)C(=O)C1CNc2ccccc21. The number of benzene rings is 1. The Hall–Kier alpha value is -1.51. The molecule has 1 aliphatic rings. The van der Waals surface area contributed by atoms with Gasteiger partial charge in [0, 0.05) is 25.8 Å². The van der Waals surface area contributed by atoms with E-state index >= 15 is 0 Å². The van der Waals surface area contributed by atoms with Crippen molar-refractivity contribution < 1.29 is 4.79 Å². The van der Waals surface area contributed by atoms with Gasteiger partial charge in [0.15, 0.2) is 0 Å². The molecule has 1 aromatic carbocycles. The van der Waals surface area contributed by atoms with Gasteiger partial charge in [-0.3, -0.25) is 4.79 Å². The molecular weight excluding hydrogens is 212 g/mol. The van der Waals surface area contributed by atoms with Crippen LogP contribution in [0.4, 0.5) is 5.69 Å². The average Bonchev–Trinajstić information content (AvgIpc) is 2.78. The highest BCUT2D eigenvalue weighted by molar-refractivity contribution is 5.88. The summed E-state index contributed by atoms with van der Waals surface area (Å²) in [7, 11) is 1.90. The number of nitrogens with zero attached hydrogens (tertiary/aromatic N) is 1. The third-order valence-electron chi connectivity index (χ3n) is 3.35. The van der Waals surface area contributed by atoms with Gasteiger partial charge in [-0.15, -0.1) is 0 Å². The van der Waals surface area contributed by atoms with Crippen molar-refractivity contribution in [2.24, 2.45) is 0 Å². The minimum Gasteiger partial charge on any atom is -0.384 e. The molecule has 0 spiro atoms. The molecule has 3 nitrogen and oxygen atoms in total. The van der Waals surface area contributed by atoms with Crippen molar-refractivity contribution in [1.82, 2.24) is 4.90 Å². The van der Waals surface area contributed by atoms with E-state index in [2.05, 4.69) is 12.2 Å². The summed E-state index contributed by atoms with van der Waals surface area (Å²) in [6.45, 7) is 3.73. The van der Waals surface area contributed by atoms with Crippen molar-refractivity contribution in [1.29, 1.82) is 0 Å². The van der Waals surface area contributed by atoms with Crippen molar-refractivity contribution in [3.05, 3.63) is 29.8 Å². The number of anilines is 1. The van der Waals surface area contributed by atoms with Gasteiger partial charge in [-0.25, -0.2) is 0 Å². The zero-order valence-electron chi connectivity index (χ0n) is 10.6. The number of hydrogen-bond donors (Lipinski definition) is 1. The lowest BCUT2D eigenvalue weighted by Gasteiger charge is -2.20. The molecule has 1 atom stereocenters. The van der Waals surface area contributed by atoms with Crippen LogP contribution in [0.5, 0.6) is 0 Å². The molecule has 1 aliphatic heterocycles. The van der Waals surface area contributed by atoms with Crippen LogP contribution < -0.4 is 5.32 Å². The largest absolute Gasteiger partial charge is 0.384 e. The van der Waals surface area contributed by atoms with Crippen LogP contribution in [0.1, 0.15) is 31.2 Å². The molecule has 2 rings (SSSR count). The molecule has 1 heterocycles. The van der Waals surface area contributed by atoms with Gasteiger partial charge >= 0.3 is 0 Å². The van der Waals surface area contributed by atoms with Crippen molar-refractivity contribution in [2.75, 3.05) is 25.5 Å². The molecule has 0 bridgehead atoms. The zero-order valence-corrected chi connectivity index (χ0v) is 10.6. The van der Waals surface area contributed by atoms with Crippen LogP contribution in [0.3, 0.4) is 0 Å². The second-order valence-corrected chi connectivity index (χ2v) is 4.63. The molecule has 1 amide bonds. The van der Waals surface area contributed by atoms with Crippen LogP contribution in [0.2, 0.25) is 0 Å². The second-order valence-electron chi connectivity index (χ2n) is 4.63. The highest BCUT2D eigenvalue weighted by Gasteiger charge is 2.29. The maximum Gasteiger partial charge on any atom is 0.231 e. The standard InChI is InChI=1S/C14H20N2O/c1-3-4-9-16(2)14(17)12-10-15-13-8-6-5-7-11(12)13/h5-8,12,15H,3-4,9-10H2,1-2H3. The van der Waals surface area contributed by atoms with E-state index in [1.165, 1.54) is 0 Å². The Kier molecular flexibility index (Phi) is 3.67. The fraction of sp³-hybridized carbons (Fsp3) is 0.500. The van der Waals surface area contributed by atoms with Gasteiger partial charge in [0.2, 0.25) is 5.91 Å². The third-order valence-corrected chi connectivity index (χ3v) is 3.35. The van der Waals surface area contributed by atoms with Crippen molar-refractivity contribution in [3.63, 3.8) is 0 Å². The topological polar surface area (TPSA) is 32.3 Å². The van der Waals surface area contributed by atoms with E-state index in [0.29, 0.717) is 0 Å². The quantitative estimate of drug-likeness (QED) is 0.865. The van der Waals surface area contributed by atoms with E-state index < -0.39 is 0 Å². The number of carbonyl (C=O) groups excluding carboxylic acids is 1. The summed E-state index contributed by atoms with van der Waals surface area (Å²) in [6.07, 6.45) is 2.20. The van der Waals surface area contributed by atoms with E-state index in [1.807, 2.05) is 36.2 Å². The molecule has 1 aromatic rings. The molecule has 0 saturated heterocycles. The summed E-state index contributed by atoms with van der Waals surface area (Å²) in [5, 5.41) is 3.29. The Morgan fingerprint density at radius 2 is 2.24 bits per heavy atom. The number of rotatable bonds is 4. The summed E-state index contributed by atoms with van der Waals surface area (Å²) < 4.78 is 0. The van der Waals surface area contributed by atoms with Gasteiger partial charge in [-0.1, -0.05) is 31.5 Å². The Morgan fingerprint density at radius 3 is 3.00 bits per heavy atom. The lowest BCUT2D eigenvalue weighted by atomic mass is 10.00. The summed E-state index contributed by atoms with van der Waals surface area (Å²) in [6, 6.07) is 8.08. The molecule has 0 saturated carbocycles. The first-order valence-electron chi connectivity index (χ1n) is 6.31. The monoisotopic (exact) mass is 232 g/mol. The van der Waals surface area contributed by atoms with Crippen LogP contribution in [0.15, 0.2) is 24.3 Å². The van der Waals surface area contributed by atoms with Crippen molar-refractivity contribution in [3.8, 4) is 0 Å². The van der Waals surface area contributed by atoms with Crippen molar-refractivity contribution in [2.45, 2.75) is 25.7 Å². The van der Waals surface area contributed by atoms with Gasteiger partial charge in [-0.05, 0) is 18.1 Å². The number of nitrogens with one attached hydrogen (secondary N) is 1. The van der Waals surface area contributed by atoms with Gasteiger partial charge < -0.3 is 10.2 Å². The van der Waals surface area contributed by atoms with Crippen LogP contribution in [0.25, 0.3) is 0 Å². The normalized spacial score (nSPS) is 17.4. The van der Waals surface area contributed by atoms with E-state index in [9.17, 15) is 4.79 Å². The number of carbonyl (C=O) groups is 1. The smallest absolute Gasteiger partial charge is 0.231 e. The molecule has 1 unspecified atom stereocenters. The Labute approximate surface area is 103 Å². The first-order chi connectivity index (χ1) is 8.24. The Morgan fingerprint density at radius 1 is 1.47 bits per heavy atom. The number of unbranched alkanes of at least 4 members (excludes halogenated alkanes) is 1. The maximum absolute atomic E-state index is 12.3. The Balaban J connectivity index is 2.07. The Bertz CT molecular complexity index is 403. The number of amides is 1. The van der Waals surface area contributed by atoms with Gasteiger partial charge in [0.25, 0.3) is 0 Å². The predicted molar refractivity (Wildman–Crippen MR) is 70.2 cm³/mol. The van der Waals surface area contributed by atoms with Crippen LogP contribution in [0, 0.1) is 0 Å². The highest BCUT2D eigenvalue weighted by atomic mass is 16.2. The minimum atomic E-state index is -0.00643. The van der Waals surface area contributed by atoms with Crippen LogP contribution in [-0.4, -0.2) is 30.9 Å². The van der Waals surface area contributed by atoms with Gasteiger partial charge in [0.05, 0.1) is 5.92 Å². The fourth-order valence-electron chi connectivity index (χ4n) is 2.28. The van der Waals surface area contributed by atoms with Crippen molar-refractivity contribution >= 4 is 11.6 Å². The lowest BCUT2D eigenvalue weighted by molar-refractivity contribution is -0.131. The third kappa shape index (κ3) is 2.43. The molecule has 3 heteroatoms.